The Balaban J connectivity index is 1.51. The Morgan fingerprint density at radius 2 is 2.00 bits per heavy atom. The number of nitrogens with two attached hydrogens (primary N) is 1. The van der Waals surface area contributed by atoms with E-state index in [4.69, 9.17) is 10.5 Å². The van der Waals surface area contributed by atoms with E-state index in [-0.39, 0.29) is 24.4 Å². The third-order valence-corrected chi connectivity index (χ3v) is 5.07. The molecule has 0 saturated heterocycles. The van der Waals surface area contributed by atoms with Crippen LogP contribution in [0.4, 0.5) is 5.82 Å². The van der Waals surface area contributed by atoms with E-state index >= 15 is 0 Å². The first kappa shape index (κ1) is 19.3. The van der Waals surface area contributed by atoms with Crippen LogP contribution in [0.15, 0.2) is 12.4 Å². The number of hydrogen-bond donors (Lipinski definition) is 3. The molecule has 0 aliphatic heterocycles. The Labute approximate surface area is 168 Å². The van der Waals surface area contributed by atoms with Crippen LogP contribution in [-0.2, 0) is 13.1 Å². The molecule has 3 heterocycles. The lowest BCUT2D eigenvalue weighted by Gasteiger charge is -2.26. The fourth-order valence-electron chi connectivity index (χ4n) is 3.09. The van der Waals surface area contributed by atoms with Gasteiger partial charge in [-0.2, -0.15) is 15.0 Å². The highest BCUT2D eigenvalue weighted by Crippen LogP contribution is 2.25. The molecule has 4 N–H and O–H groups in total. The van der Waals surface area contributed by atoms with Crippen LogP contribution in [0.1, 0.15) is 50.4 Å². The highest BCUT2D eigenvalue weighted by Gasteiger charge is 2.18. The maximum Gasteiger partial charge on any atom is 0.320 e. The van der Waals surface area contributed by atoms with E-state index in [2.05, 4.69) is 37.2 Å². The molecule has 154 valence electrons. The number of ether oxygens (including phenoxy) is 1. The zero-order valence-electron chi connectivity index (χ0n) is 16.5. The van der Waals surface area contributed by atoms with Gasteiger partial charge in [-0.3, -0.25) is 14.5 Å². The Hall–Kier alpha value is -3.01. The molecule has 4 rings (SSSR count). The first-order valence-corrected chi connectivity index (χ1v) is 10.0. The predicted octanol–water partition coefficient (Wildman–Crippen LogP) is 1.77. The minimum atomic E-state index is -0.204. The topological polar surface area (TPSA) is 137 Å². The summed E-state index contributed by atoms with van der Waals surface area (Å²) in [6, 6.07) is 0.571. The molecule has 0 unspecified atom stereocenters. The second kappa shape index (κ2) is 8.56. The molecule has 29 heavy (non-hydrogen) atoms. The average Bonchev–Trinajstić information content (AvgIpc) is 2.98. The summed E-state index contributed by atoms with van der Waals surface area (Å²) < 4.78 is 7.09. The van der Waals surface area contributed by atoms with Crippen LogP contribution in [0.2, 0.25) is 0 Å². The summed E-state index contributed by atoms with van der Waals surface area (Å²) in [5, 5.41) is 13.8. The Kier molecular flexibility index (Phi) is 5.70. The number of rotatable bonds is 9. The molecule has 0 radical (unpaired) electrons. The maximum atomic E-state index is 10.3. The molecule has 1 saturated carbocycles. The van der Waals surface area contributed by atoms with Gasteiger partial charge in [-0.1, -0.05) is 19.8 Å². The Bertz CT molecular complexity index is 968. The van der Waals surface area contributed by atoms with Crippen molar-refractivity contribution in [1.29, 1.82) is 0 Å². The summed E-state index contributed by atoms with van der Waals surface area (Å²) in [6.07, 6.45) is 9.10. The number of imidazole rings is 1. The van der Waals surface area contributed by atoms with Gasteiger partial charge in [0.1, 0.15) is 0 Å². The maximum absolute atomic E-state index is 10.3. The lowest BCUT2D eigenvalue weighted by molar-refractivity contribution is 0.286. The van der Waals surface area contributed by atoms with E-state index in [0.29, 0.717) is 36.1 Å². The summed E-state index contributed by atoms with van der Waals surface area (Å²) in [7, 11) is 0. The number of aromatic hydroxyl groups is 1. The number of nitrogen functional groups attached to an aromatic ring is 1. The van der Waals surface area contributed by atoms with Crippen molar-refractivity contribution in [2.75, 3.05) is 12.3 Å². The van der Waals surface area contributed by atoms with Gasteiger partial charge in [0.25, 0.3) is 6.01 Å². The van der Waals surface area contributed by atoms with E-state index in [0.717, 1.165) is 18.5 Å². The number of fused-ring (bicyclic) bond motifs is 1. The molecular weight excluding hydrogens is 372 g/mol. The fourth-order valence-corrected chi connectivity index (χ4v) is 3.09. The van der Waals surface area contributed by atoms with Gasteiger partial charge < -0.3 is 20.9 Å². The lowest BCUT2D eigenvalue weighted by Crippen LogP contribution is -2.34. The Morgan fingerprint density at radius 3 is 2.69 bits per heavy atom. The summed E-state index contributed by atoms with van der Waals surface area (Å²) in [6.45, 7) is 3.55. The van der Waals surface area contributed by atoms with Crippen molar-refractivity contribution in [1.82, 2.24) is 34.8 Å². The van der Waals surface area contributed by atoms with Gasteiger partial charge in [-0.25, -0.2) is 0 Å². The normalized spacial score (nSPS) is 14.2. The van der Waals surface area contributed by atoms with Crippen molar-refractivity contribution in [3.8, 4) is 12.0 Å². The van der Waals surface area contributed by atoms with Crippen LogP contribution >= 0.6 is 0 Å². The van der Waals surface area contributed by atoms with Gasteiger partial charge in [-0.05, 0) is 19.3 Å². The molecule has 1 aliphatic rings. The van der Waals surface area contributed by atoms with Crippen molar-refractivity contribution in [3.63, 3.8) is 0 Å². The van der Waals surface area contributed by atoms with Crippen molar-refractivity contribution in [2.24, 2.45) is 0 Å². The predicted molar refractivity (Wildman–Crippen MR) is 107 cm³/mol. The van der Waals surface area contributed by atoms with E-state index < -0.39 is 0 Å². The van der Waals surface area contributed by atoms with Crippen LogP contribution in [0.5, 0.6) is 12.0 Å². The summed E-state index contributed by atoms with van der Waals surface area (Å²) in [5.74, 6) is 0.166. The molecule has 0 spiro atoms. The minimum absolute atomic E-state index is 0.166. The Morgan fingerprint density at radius 1 is 1.21 bits per heavy atom. The molecule has 3 aromatic heterocycles. The number of hydrogen-bond acceptors (Lipinski definition) is 9. The summed E-state index contributed by atoms with van der Waals surface area (Å²) >= 11 is 0. The molecule has 0 amide bonds. The smallest absolute Gasteiger partial charge is 0.320 e. The highest BCUT2D eigenvalue weighted by atomic mass is 16.5. The van der Waals surface area contributed by atoms with Crippen molar-refractivity contribution >= 4 is 17.0 Å². The third kappa shape index (κ3) is 4.37. The van der Waals surface area contributed by atoms with Gasteiger partial charge in [0.2, 0.25) is 0 Å². The summed E-state index contributed by atoms with van der Waals surface area (Å²) in [5.41, 5.74) is 8.28. The number of aromatic nitrogens is 6. The molecule has 10 nitrogen and oxygen atoms in total. The average molecular weight is 398 g/mol. The molecule has 10 heteroatoms. The second-order valence-electron chi connectivity index (χ2n) is 7.27. The largest absolute Gasteiger partial charge is 0.480 e. The van der Waals surface area contributed by atoms with Gasteiger partial charge in [0.15, 0.2) is 17.0 Å². The first-order valence-electron chi connectivity index (χ1n) is 10.0. The molecule has 3 aromatic rings. The number of unbranched alkanes of at least 4 members (excludes halogenated alkanes) is 1. The molecule has 1 aliphatic carbocycles. The number of nitrogens with zero attached hydrogens (tertiary/aromatic N) is 6. The van der Waals surface area contributed by atoms with Gasteiger partial charge >= 0.3 is 6.01 Å². The molecular formula is C19H26N8O2. The van der Waals surface area contributed by atoms with E-state index in [1.807, 2.05) is 0 Å². The zero-order chi connectivity index (χ0) is 20.2. The lowest BCUT2D eigenvalue weighted by atomic mass is 9.93. The van der Waals surface area contributed by atoms with Crippen LogP contribution < -0.4 is 15.8 Å². The van der Waals surface area contributed by atoms with Crippen LogP contribution in [-0.4, -0.2) is 47.2 Å². The molecule has 1 fully saturated rings. The summed E-state index contributed by atoms with van der Waals surface area (Å²) in [4.78, 5) is 21.5. The standard InChI is InChI=1S/C19H26N8O2/c1-2-3-7-29-18-25-16(20)15-17(26-18)27(19(28)24-15)11-14-10-22-13(9-23-14)8-21-12-5-4-6-12/h9-10,12,21H,2-8,11H2,1H3,(H,24,28)(H2,20,25,26). The fraction of sp³-hybridized carbons (Fsp3) is 0.526. The van der Waals surface area contributed by atoms with Crippen LogP contribution in [0.25, 0.3) is 11.2 Å². The van der Waals surface area contributed by atoms with Crippen LogP contribution in [0, 0.1) is 0 Å². The quantitative estimate of drug-likeness (QED) is 0.460. The molecule has 0 aromatic carbocycles. The third-order valence-electron chi connectivity index (χ3n) is 5.07. The van der Waals surface area contributed by atoms with Gasteiger partial charge in [0.05, 0.1) is 36.9 Å². The van der Waals surface area contributed by atoms with Gasteiger partial charge in [-0.15, -0.1) is 0 Å². The minimum Gasteiger partial charge on any atom is -0.480 e. The molecule has 0 atom stereocenters. The number of anilines is 1. The van der Waals surface area contributed by atoms with Crippen molar-refractivity contribution < 1.29 is 9.84 Å². The first-order chi connectivity index (χ1) is 14.1. The SMILES string of the molecule is CCCCOc1nc(N)c2nc(O)n(Cc3cnc(CNC4CCC4)cn3)c2n1. The molecule has 0 bridgehead atoms. The monoisotopic (exact) mass is 398 g/mol. The van der Waals surface area contributed by atoms with Gasteiger partial charge in [0, 0.05) is 12.6 Å². The zero-order valence-corrected chi connectivity index (χ0v) is 16.5. The van der Waals surface area contributed by atoms with E-state index in [1.54, 1.807) is 12.4 Å². The van der Waals surface area contributed by atoms with Crippen molar-refractivity contribution in [3.05, 3.63) is 23.8 Å². The highest BCUT2D eigenvalue weighted by molar-refractivity contribution is 5.83. The van der Waals surface area contributed by atoms with Crippen molar-refractivity contribution in [2.45, 2.75) is 58.2 Å². The van der Waals surface area contributed by atoms with E-state index in [9.17, 15) is 5.11 Å². The van der Waals surface area contributed by atoms with Crippen LogP contribution in [0.3, 0.4) is 0 Å². The van der Waals surface area contributed by atoms with E-state index in [1.165, 1.54) is 23.8 Å². The number of nitrogens with one attached hydrogen (secondary N) is 1. The second-order valence-corrected chi connectivity index (χ2v) is 7.27.